The van der Waals surface area contributed by atoms with E-state index in [0.717, 1.165) is 18.4 Å². The Morgan fingerprint density at radius 2 is 2.05 bits per heavy atom. The maximum absolute atomic E-state index is 12.4. The lowest BCUT2D eigenvalue weighted by molar-refractivity contribution is -0.144. The van der Waals surface area contributed by atoms with Crippen LogP contribution < -0.4 is 4.72 Å². The third-order valence-electron chi connectivity index (χ3n) is 3.56. The van der Waals surface area contributed by atoms with E-state index < -0.39 is 21.5 Å². The summed E-state index contributed by atoms with van der Waals surface area (Å²) in [6, 6.07) is 4.83. The normalized spacial score (nSPS) is 18.6. The van der Waals surface area contributed by atoms with Gasteiger partial charge in [0.15, 0.2) is 0 Å². The van der Waals surface area contributed by atoms with Crippen LogP contribution in [-0.2, 0) is 14.8 Å². The molecule has 1 fully saturated rings. The summed E-state index contributed by atoms with van der Waals surface area (Å²) < 4.78 is 27.6. The zero-order valence-electron chi connectivity index (χ0n) is 11.2. The van der Waals surface area contributed by atoms with Gasteiger partial charge in [-0.05, 0) is 66.2 Å². The number of nitrogens with one attached hydrogen (secondary N) is 1. The highest BCUT2D eigenvalue weighted by molar-refractivity contribution is 9.10. The van der Waals surface area contributed by atoms with Gasteiger partial charge in [0.2, 0.25) is 10.0 Å². The van der Waals surface area contributed by atoms with Gasteiger partial charge in [-0.25, -0.2) is 8.42 Å². The van der Waals surface area contributed by atoms with Crippen molar-refractivity contribution in [3.63, 3.8) is 0 Å². The molecule has 1 saturated carbocycles. The molecule has 1 atom stereocenters. The van der Waals surface area contributed by atoms with Gasteiger partial charge in [-0.3, -0.25) is 4.79 Å². The van der Waals surface area contributed by atoms with Crippen LogP contribution in [0.2, 0.25) is 0 Å². The first-order chi connectivity index (χ1) is 9.17. The van der Waals surface area contributed by atoms with Crippen LogP contribution in [0.3, 0.4) is 0 Å². The Balaban J connectivity index is 2.38. The largest absolute Gasteiger partial charge is 0.480 e. The molecule has 110 valence electrons. The van der Waals surface area contributed by atoms with Crippen molar-refractivity contribution in [1.29, 1.82) is 0 Å². The van der Waals surface area contributed by atoms with Gasteiger partial charge in [-0.2, -0.15) is 4.72 Å². The maximum Gasteiger partial charge on any atom is 0.324 e. The molecule has 1 aliphatic rings. The molecule has 1 aliphatic carbocycles. The molecule has 0 heterocycles. The van der Waals surface area contributed by atoms with Crippen LogP contribution in [0.15, 0.2) is 27.6 Å². The molecule has 1 aromatic rings. The van der Waals surface area contributed by atoms with Crippen molar-refractivity contribution >= 4 is 31.9 Å². The number of aryl methyl sites for hydroxylation is 1. The Hall–Kier alpha value is -0.920. The molecule has 0 aliphatic heterocycles. The highest BCUT2D eigenvalue weighted by Crippen LogP contribution is 2.40. The van der Waals surface area contributed by atoms with E-state index in [1.807, 2.05) is 6.92 Å². The van der Waals surface area contributed by atoms with Gasteiger partial charge in [0.1, 0.15) is 5.54 Å². The van der Waals surface area contributed by atoms with E-state index in [-0.39, 0.29) is 10.8 Å². The fourth-order valence-electron chi connectivity index (χ4n) is 2.12. The molecule has 0 spiro atoms. The van der Waals surface area contributed by atoms with Gasteiger partial charge in [0, 0.05) is 4.47 Å². The first kappa shape index (κ1) is 15.5. The Morgan fingerprint density at radius 3 is 2.50 bits per heavy atom. The van der Waals surface area contributed by atoms with E-state index in [4.69, 9.17) is 0 Å². The van der Waals surface area contributed by atoms with Crippen LogP contribution in [0, 0.1) is 12.8 Å². The zero-order valence-corrected chi connectivity index (χ0v) is 13.6. The molecule has 0 saturated heterocycles. The number of aliphatic carboxylic acids is 1. The quantitative estimate of drug-likeness (QED) is 0.842. The molecule has 2 N–H and O–H groups in total. The fourth-order valence-corrected chi connectivity index (χ4v) is 4.74. The average Bonchev–Trinajstić information content (AvgIpc) is 3.10. The third kappa shape index (κ3) is 2.89. The second-order valence-electron chi connectivity index (χ2n) is 5.32. The van der Waals surface area contributed by atoms with E-state index in [9.17, 15) is 18.3 Å². The van der Waals surface area contributed by atoms with Crippen molar-refractivity contribution in [3.05, 3.63) is 28.2 Å². The van der Waals surface area contributed by atoms with Gasteiger partial charge in [0.05, 0.1) is 4.90 Å². The van der Waals surface area contributed by atoms with Crippen LogP contribution in [0.5, 0.6) is 0 Å². The fraction of sp³-hybridized carbons (Fsp3) is 0.462. The molecular weight excluding hydrogens is 346 g/mol. The molecule has 0 aromatic heterocycles. The first-order valence-corrected chi connectivity index (χ1v) is 8.48. The van der Waals surface area contributed by atoms with Crippen molar-refractivity contribution in [2.45, 2.75) is 37.1 Å². The second kappa shape index (κ2) is 5.13. The minimum atomic E-state index is -3.89. The molecule has 1 unspecified atom stereocenters. The van der Waals surface area contributed by atoms with Gasteiger partial charge >= 0.3 is 5.97 Å². The van der Waals surface area contributed by atoms with Crippen LogP contribution in [0.4, 0.5) is 0 Å². The van der Waals surface area contributed by atoms with E-state index in [1.54, 1.807) is 12.1 Å². The smallest absolute Gasteiger partial charge is 0.324 e. The Bertz CT molecular complexity index is 654. The molecule has 1 aromatic carbocycles. The summed E-state index contributed by atoms with van der Waals surface area (Å²) >= 11 is 3.21. The summed E-state index contributed by atoms with van der Waals surface area (Å²) in [5.41, 5.74) is -0.539. The molecule has 0 bridgehead atoms. The number of benzene rings is 1. The average molecular weight is 362 g/mol. The Morgan fingerprint density at radius 1 is 1.45 bits per heavy atom. The van der Waals surface area contributed by atoms with Crippen LogP contribution >= 0.6 is 15.9 Å². The number of halogens is 1. The summed E-state index contributed by atoms with van der Waals surface area (Å²) in [6.07, 6.45) is 1.45. The van der Waals surface area contributed by atoms with Crippen molar-refractivity contribution in [2.24, 2.45) is 5.92 Å². The molecular formula is C13H16BrNO4S. The number of carboxylic acids is 1. The Labute approximate surface area is 126 Å². The monoisotopic (exact) mass is 361 g/mol. The van der Waals surface area contributed by atoms with Gasteiger partial charge in [-0.15, -0.1) is 0 Å². The van der Waals surface area contributed by atoms with Gasteiger partial charge in [-0.1, -0.05) is 6.07 Å². The SMILES string of the molecule is Cc1ccc(S(=O)(=O)NC(C)(C(=O)O)C2CC2)c(Br)c1. The number of rotatable bonds is 5. The number of carboxylic acid groups (broad SMARTS) is 1. The van der Waals surface area contributed by atoms with Crippen molar-refractivity contribution in [1.82, 2.24) is 4.72 Å². The Kier molecular flexibility index (Phi) is 3.96. The molecule has 0 radical (unpaired) electrons. The summed E-state index contributed by atoms with van der Waals surface area (Å²) in [5, 5.41) is 9.33. The lowest BCUT2D eigenvalue weighted by Gasteiger charge is -2.26. The van der Waals surface area contributed by atoms with E-state index in [1.165, 1.54) is 13.0 Å². The number of carbonyl (C=O) groups is 1. The standard InChI is InChI=1S/C13H16BrNO4S/c1-8-3-6-11(10(14)7-8)20(18,19)15-13(2,12(16)17)9-4-5-9/h3,6-7,9,15H,4-5H2,1-2H3,(H,16,17). The van der Waals surface area contributed by atoms with Gasteiger partial charge < -0.3 is 5.11 Å². The molecule has 2 rings (SSSR count). The van der Waals surface area contributed by atoms with Crippen molar-refractivity contribution in [3.8, 4) is 0 Å². The van der Waals surface area contributed by atoms with Crippen LogP contribution in [-0.4, -0.2) is 25.0 Å². The summed E-state index contributed by atoms with van der Waals surface area (Å²) in [6.45, 7) is 3.27. The predicted molar refractivity (Wildman–Crippen MR) is 78.0 cm³/mol. The number of hydrogen-bond acceptors (Lipinski definition) is 3. The summed E-state index contributed by atoms with van der Waals surface area (Å²) in [5.74, 6) is -1.30. The summed E-state index contributed by atoms with van der Waals surface area (Å²) in [4.78, 5) is 11.5. The van der Waals surface area contributed by atoms with Crippen LogP contribution in [0.25, 0.3) is 0 Å². The van der Waals surface area contributed by atoms with Gasteiger partial charge in [0.25, 0.3) is 0 Å². The van der Waals surface area contributed by atoms with E-state index in [2.05, 4.69) is 20.7 Å². The third-order valence-corrected chi connectivity index (χ3v) is 6.11. The van der Waals surface area contributed by atoms with Crippen LogP contribution in [0.1, 0.15) is 25.3 Å². The van der Waals surface area contributed by atoms with E-state index >= 15 is 0 Å². The zero-order chi connectivity index (χ0) is 15.1. The summed E-state index contributed by atoms with van der Waals surface area (Å²) in [7, 11) is -3.89. The number of hydrogen-bond donors (Lipinski definition) is 2. The highest BCUT2D eigenvalue weighted by atomic mass is 79.9. The topological polar surface area (TPSA) is 83.5 Å². The lowest BCUT2D eigenvalue weighted by atomic mass is 9.98. The van der Waals surface area contributed by atoms with Crippen molar-refractivity contribution < 1.29 is 18.3 Å². The molecule has 0 amide bonds. The predicted octanol–water partition coefficient (Wildman–Crippen LogP) is 2.29. The second-order valence-corrected chi connectivity index (χ2v) is 7.83. The minimum Gasteiger partial charge on any atom is -0.480 e. The number of sulfonamides is 1. The highest BCUT2D eigenvalue weighted by Gasteiger charge is 2.50. The molecule has 20 heavy (non-hydrogen) atoms. The first-order valence-electron chi connectivity index (χ1n) is 6.20. The lowest BCUT2D eigenvalue weighted by Crippen LogP contribution is -2.53. The van der Waals surface area contributed by atoms with E-state index in [0.29, 0.717) is 4.47 Å². The molecule has 7 heteroatoms. The minimum absolute atomic E-state index is 0.0521. The molecule has 5 nitrogen and oxygen atoms in total. The van der Waals surface area contributed by atoms with Crippen molar-refractivity contribution in [2.75, 3.05) is 0 Å². The maximum atomic E-state index is 12.4.